The van der Waals surface area contributed by atoms with Crippen LogP contribution in [0.25, 0.3) is 10.9 Å². The Hall–Kier alpha value is -1.48. The maximum absolute atomic E-state index is 10.9. The molecule has 0 spiro atoms. The van der Waals surface area contributed by atoms with E-state index >= 15 is 0 Å². The molecule has 14 heavy (non-hydrogen) atoms. The van der Waals surface area contributed by atoms with Gasteiger partial charge in [0.25, 0.3) is 0 Å². The number of aromatic amines is 1. The lowest BCUT2D eigenvalue weighted by molar-refractivity contribution is 0.0699. The highest BCUT2D eigenvalue weighted by molar-refractivity contribution is 6.34. The first-order valence-corrected chi connectivity index (χ1v) is 4.48. The number of benzene rings is 1. The molecule has 0 radical (unpaired) electrons. The van der Waals surface area contributed by atoms with E-state index in [1.807, 2.05) is 19.1 Å². The fourth-order valence-corrected chi connectivity index (χ4v) is 1.77. The van der Waals surface area contributed by atoms with Gasteiger partial charge in [-0.05, 0) is 18.6 Å². The third kappa shape index (κ3) is 1.26. The maximum Gasteiger partial charge on any atom is 0.339 e. The average Bonchev–Trinajstić information content (AvgIpc) is 2.39. The molecule has 2 aromatic rings. The molecule has 2 N–H and O–H groups in total. The van der Waals surface area contributed by atoms with Crippen LogP contribution in [0.5, 0.6) is 0 Å². The van der Waals surface area contributed by atoms with E-state index in [4.69, 9.17) is 16.7 Å². The molecular formula is C10H8ClNO2. The highest BCUT2D eigenvalue weighted by Gasteiger charge is 2.15. The maximum atomic E-state index is 10.9. The van der Waals surface area contributed by atoms with Gasteiger partial charge < -0.3 is 10.1 Å². The Kier molecular flexibility index (Phi) is 1.97. The summed E-state index contributed by atoms with van der Waals surface area (Å²) in [5.41, 5.74) is 1.96. The first-order valence-electron chi connectivity index (χ1n) is 4.10. The first kappa shape index (κ1) is 9.09. The molecule has 0 fully saturated rings. The van der Waals surface area contributed by atoms with Crippen LogP contribution in [-0.4, -0.2) is 16.1 Å². The van der Waals surface area contributed by atoms with Crippen LogP contribution in [0.1, 0.15) is 15.9 Å². The summed E-state index contributed by atoms with van der Waals surface area (Å²) in [6, 6.07) is 5.49. The summed E-state index contributed by atoms with van der Waals surface area (Å²) < 4.78 is 0. The minimum absolute atomic E-state index is 0.140. The van der Waals surface area contributed by atoms with Gasteiger partial charge in [-0.15, -0.1) is 0 Å². The third-order valence-corrected chi connectivity index (χ3v) is 2.41. The van der Waals surface area contributed by atoms with Gasteiger partial charge in [0, 0.05) is 10.9 Å². The fraction of sp³-hybridized carbons (Fsp3) is 0.100. The van der Waals surface area contributed by atoms with Crippen molar-refractivity contribution in [3.05, 3.63) is 34.5 Å². The molecule has 0 unspecified atom stereocenters. The Balaban J connectivity index is 2.84. The number of halogens is 1. The topological polar surface area (TPSA) is 53.1 Å². The lowest BCUT2D eigenvalue weighted by atomic mass is 10.1. The largest absolute Gasteiger partial charge is 0.478 e. The van der Waals surface area contributed by atoms with Gasteiger partial charge in [0.1, 0.15) is 10.7 Å². The minimum Gasteiger partial charge on any atom is -0.478 e. The predicted molar refractivity (Wildman–Crippen MR) is 55.0 cm³/mol. The van der Waals surface area contributed by atoms with Gasteiger partial charge in [0.15, 0.2) is 0 Å². The Labute approximate surface area is 85.3 Å². The standard InChI is InChI=1S/C10H8ClNO2/c1-5-2-3-6-7(4-5)12-9(11)8(6)10(13)14/h2-4,12H,1H3,(H,13,14). The summed E-state index contributed by atoms with van der Waals surface area (Å²) in [6.07, 6.45) is 0. The number of hydrogen-bond acceptors (Lipinski definition) is 1. The number of rotatable bonds is 1. The van der Waals surface area contributed by atoms with Crippen molar-refractivity contribution >= 4 is 28.5 Å². The molecular weight excluding hydrogens is 202 g/mol. The summed E-state index contributed by atoms with van der Waals surface area (Å²) in [7, 11) is 0. The molecule has 0 atom stereocenters. The molecule has 0 amide bonds. The van der Waals surface area contributed by atoms with Crippen molar-refractivity contribution in [3.63, 3.8) is 0 Å². The summed E-state index contributed by atoms with van der Waals surface area (Å²) in [6.45, 7) is 1.94. The van der Waals surface area contributed by atoms with Gasteiger partial charge in [0.2, 0.25) is 0 Å². The second-order valence-electron chi connectivity index (χ2n) is 3.17. The Morgan fingerprint density at radius 3 is 2.86 bits per heavy atom. The molecule has 0 aliphatic rings. The summed E-state index contributed by atoms with van der Waals surface area (Å²) in [5.74, 6) is -1.01. The quantitative estimate of drug-likeness (QED) is 0.759. The van der Waals surface area contributed by atoms with E-state index in [1.54, 1.807) is 6.07 Å². The van der Waals surface area contributed by atoms with Gasteiger partial charge in [-0.2, -0.15) is 0 Å². The number of nitrogens with one attached hydrogen (secondary N) is 1. The first-order chi connectivity index (χ1) is 6.59. The Morgan fingerprint density at radius 1 is 1.50 bits per heavy atom. The minimum atomic E-state index is -1.01. The predicted octanol–water partition coefficient (Wildman–Crippen LogP) is 2.83. The molecule has 4 heteroatoms. The SMILES string of the molecule is Cc1ccc2c(C(=O)O)c(Cl)[nH]c2c1. The van der Waals surface area contributed by atoms with E-state index in [-0.39, 0.29) is 10.7 Å². The highest BCUT2D eigenvalue weighted by Crippen LogP contribution is 2.26. The number of aromatic nitrogens is 1. The van der Waals surface area contributed by atoms with Crippen LogP contribution in [0, 0.1) is 6.92 Å². The van der Waals surface area contributed by atoms with Crippen LogP contribution >= 0.6 is 11.6 Å². The number of carbonyl (C=O) groups is 1. The Morgan fingerprint density at radius 2 is 2.21 bits per heavy atom. The molecule has 1 aromatic carbocycles. The molecule has 0 aliphatic carbocycles. The number of carboxylic acid groups (broad SMARTS) is 1. The second kappa shape index (κ2) is 3.03. The van der Waals surface area contributed by atoms with Crippen molar-refractivity contribution < 1.29 is 9.90 Å². The molecule has 72 valence electrons. The number of carboxylic acids is 1. The van der Waals surface area contributed by atoms with Crippen LogP contribution in [0.4, 0.5) is 0 Å². The van der Waals surface area contributed by atoms with E-state index in [9.17, 15) is 4.79 Å². The lowest BCUT2D eigenvalue weighted by Crippen LogP contribution is -1.94. The van der Waals surface area contributed by atoms with Crippen molar-refractivity contribution in [2.24, 2.45) is 0 Å². The van der Waals surface area contributed by atoms with E-state index in [2.05, 4.69) is 4.98 Å². The molecule has 2 rings (SSSR count). The van der Waals surface area contributed by atoms with Crippen molar-refractivity contribution in [3.8, 4) is 0 Å². The van der Waals surface area contributed by atoms with E-state index < -0.39 is 5.97 Å². The van der Waals surface area contributed by atoms with E-state index in [0.717, 1.165) is 11.1 Å². The van der Waals surface area contributed by atoms with Crippen LogP contribution in [0.2, 0.25) is 5.15 Å². The van der Waals surface area contributed by atoms with Crippen molar-refractivity contribution in [1.82, 2.24) is 4.98 Å². The van der Waals surface area contributed by atoms with Crippen LogP contribution < -0.4 is 0 Å². The van der Waals surface area contributed by atoms with E-state index in [1.165, 1.54) is 0 Å². The van der Waals surface area contributed by atoms with Crippen LogP contribution in [0.3, 0.4) is 0 Å². The lowest BCUT2D eigenvalue weighted by Gasteiger charge is -1.93. The van der Waals surface area contributed by atoms with Gasteiger partial charge in [0.05, 0.1) is 0 Å². The molecule has 0 aliphatic heterocycles. The number of H-pyrrole nitrogens is 1. The zero-order valence-corrected chi connectivity index (χ0v) is 8.22. The number of aromatic carboxylic acids is 1. The Bertz CT molecular complexity index is 516. The molecule has 0 saturated heterocycles. The molecule has 0 saturated carbocycles. The summed E-state index contributed by atoms with van der Waals surface area (Å²) in [4.78, 5) is 13.7. The van der Waals surface area contributed by atoms with Gasteiger partial charge >= 0.3 is 5.97 Å². The van der Waals surface area contributed by atoms with Crippen molar-refractivity contribution in [2.45, 2.75) is 6.92 Å². The van der Waals surface area contributed by atoms with E-state index in [0.29, 0.717) is 5.39 Å². The summed E-state index contributed by atoms with van der Waals surface area (Å²) >= 11 is 5.78. The number of fused-ring (bicyclic) bond motifs is 1. The average molecular weight is 210 g/mol. The molecule has 1 aromatic heterocycles. The fourth-order valence-electron chi connectivity index (χ4n) is 1.49. The van der Waals surface area contributed by atoms with Crippen molar-refractivity contribution in [1.29, 1.82) is 0 Å². The van der Waals surface area contributed by atoms with Gasteiger partial charge in [-0.3, -0.25) is 0 Å². The smallest absolute Gasteiger partial charge is 0.339 e. The number of aryl methyl sites for hydroxylation is 1. The summed E-state index contributed by atoms with van der Waals surface area (Å²) in [5, 5.41) is 9.74. The molecule has 0 bridgehead atoms. The van der Waals surface area contributed by atoms with Crippen LogP contribution in [-0.2, 0) is 0 Å². The monoisotopic (exact) mass is 209 g/mol. The van der Waals surface area contributed by atoms with Gasteiger partial charge in [-0.25, -0.2) is 4.79 Å². The molecule has 1 heterocycles. The van der Waals surface area contributed by atoms with Crippen molar-refractivity contribution in [2.75, 3.05) is 0 Å². The van der Waals surface area contributed by atoms with Gasteiger partial charge in [-0.1, -0.05) is 23.7 Å². The number of hydrogen-bond donors (Lipinski definition) is 2. The second-order valence-corrected chi connectivity index (χ2v) is 3.55. The molecule has 3 nitrogen and oxygen atoms in total. The van der Waals surface area contributed by atoms with Crippen LogP contribution in [0.15, 0.2) is 18.2 Å². The third-order valence-electron chi connectivity index (χ3n) is 2.12. The highest BCUT2D eigenvalue weighted by atomic mass is 35.5. The normalized spacial score (nSPS) is 10.7. The zero-order chi connectivity index (χ0) is 10.3. The zero-order valence-electron chi connectivity index (χ0n) is 7.47.